The first-order chi connectivity index (χ1) is 9.29. The number of carbonyl (C=O) groups excluding carboxylic acids is 1. The fraction of sp³-hybridized carbons (Fsp3) is 0.533. The fourth-order valence-electron chi connectivity index (χ4n) is 2.34. The number of hydrogen-bond acceptors (Lipinski definition) is 4. The van der Waals surface area contributed by atoms with Crippen LogP contribution in [0.2, 0.25) is 0 Å². The van der Waals surface area contributed by atoms with Crippen LogP contribution < -0.4 is 10.1 Å². The Balaban J connectivity index is 1.80. The Morgan fingerprint density at radius 2 is 2.37 bits per heavy atom. The number of benzene rings is 1. The van der Waals surface area contributed by atoms with Crippen LogP contribution in [-0.4, -0.2) is 32.8 Å². The summed E-state index contributed by atoms with van der Waals surface area (Å²) in [5, 5.41) is 3.40. The number of hydrogen-bond donors (Lipinski definition) is 1. The molecule has 1 atom stereocenters. The van der Waals surface area contributed by atoms with E-state index in [-0.39, 0.29) is 5.97 Å². The molecule has 19 heavy (non-hydrogen) atoms. The van der Waals surface area contributed by atoms with E-state index in [1.165, 1.54) is 20.0 Å². The third-order valence-electron chi connectivity index (χ3n) is 3.45. The van der Waals surface area contributed by atoms with Crippen LogP contribution in [0.5, 0.6) is 5.75 Å². The number of rotatable bonds is 5. The van der Waals surface area contributed by atoms with Crippen LogP contribution in [0.15, 0.2) is 24.3 Å². The molecule has 4 heteroatoms. The number of methoxy groups -OCH3 is 1. The third kappa shape index (κ3) is 4.24. The molecule has 1 aliphatic heterocycles. The molecule has 0 radical (unpaired) electrons. The second-order valence-corrected chi connectivity index (χ2v) is 4.87. The SMILES string of the molecule is COC(=O)c1cccc(OCC[C@@H]2CCCNC2)c1. The predicted octanol–water partition coefficient (Wildman–Crippen LogP) is 2.24. The highest BCUT2D eigenvalue weighted by molar-refractivity contribution is 5.89. The van der Waals surface area contributed by atoms with Crippen molar-refractivity contribution >= 4 is 5.97 Å². The van der Waals surface area contributed by atoms with Crippen molar-refractivity contribution in [3.05, 3.63) is 29.8 Å². The summed E-state index contributed by atoms with van der Waals surface area (Å²) in [4.78, 5) is 11.4. The maximum atomic E-state index is 11.4. The molecule has 0 spiro atoms. The quantitative estimate of drug-likeness (QED) is 0.828. The molecule has 1 N–H and O–H groups in total. The van der Waals surface area contributed by atoms with E-state index >= 15 is 0 Å². The minimum atomic E-state index is -0.332. The van der Waals surface area contributed by atoms with Gasteiger partial charge in [0.1, 0.15) is 5.75 Å². The molecule has 1 fully saturated rings. The number of esters is 1. The van der Waals surface area contributed by atoms with Crippen LogP contribution in [0.4, 0.5) is 0 Å². The lowest BCUT2D eigenvalue weighted by atomic mass is 9.97. The van der Waals surface area contributed by atoms with Crippen LogP contribution in [-0.2, 0) is 4.74 Å². The van der Waals surface area contributed by atoms with Crippen LogP contribution >= 0.6 is 0 Å². The fourth-order valence-corrected chi connectivity index (χ4v) is 2.34. The van der Waals surface area contributed by atoms with Crippen molar-refractivity contribution in [2.45, 2.75) is 19.3 Å². The second kappa shape index (κ2) is 7.14. The van der Waals surface area contributed by atoms with Crippen molar-refractivity contribution in [2.75, 3.05) is 26.8 Å². The van der Waals surface area contributed by atoms with Crippen molar-refractivity contribution in [3.8, 4) is 5.75 Å². The Morgan fingerprint density at radius 1 is 1.47 bits per heavy atom. The Kier molecular flexibility index (Phi) is 5.21. The van der Waals surface area contributed by atoms with E-state index in [2.05, 4.69) is 10.1 Å². The van der Waals surface area contributed by atoms with Crippen molar-refractivity contribution in [1.82, 2.24) is 5.32 Å². The average molecular weight is 263 g/mol. The Morgan fingerprint density at radius 3 is 3.11 bits per heavy atom. The zero-order valence-corrected chi connectivity index (χ0v) is 11.4. The summed E-state index contributed by atoms with van der Waals surface area (Å²) >= 11 is 0. The van der Waals surface area contributed by atoms with Crippen molar-refractivity contribution in [2.24, 2.45) is 5.92 Å². The van der Waals surface area contributed by atoms with Crippen LogP contribution in [0.3, 0.4) is 0 Å². The minimum Gasteiger partial charge on any atom is -0.494 e. The number of ether oxygens (including phenoxy) is 2. The van der Waals surface area contributed by atoms with Gasteiger partial charge in [-0.1, -0.05) is 6.07 Å². The molecule has 1 aromatic carbocycles. The summed E-state index contributed by atoms with van der Waals surface area (Å²) in [6, 6.07) is 7.13. The first-order valence-corrected chi connectivity index (χ1v) is 6.81. The van der Waals surface area contributed by atoms with E-state index < -0.39 is 0 Å². The molecule has 1 aliphatic rings. The maximum absolute atomic E-state index is 11.4. The second-order valence-electron chi connectivity index (χ2n) is 4.87. The molecule has 0 aliphatic carbocycles. The largest absolute Gasteiger partial charge is 0.494 e. The predicted molar refractivity (Wildman–Crippen MR) is 73.5 cm³/mol. The lowest BCUT2D eigenvalue weighted by Gasteiger charge is -2.22. The first-order valence-electron chi connectivity index (χ1n) is 6.81. The average Bonchev–Trinajstić information content (AvgIpc) is 2.48. The molecule has 0 bridgehead atoms. The number of nitrogens with one attached hydrogen (secondary N) is 1. The van der Waals surface area contributed by atoms with Gasteiger partial charge >= 0.3 is 5.97 Å². The van der Waals surface area contributed by atoms with Gasteiger partial charge in [-0.25, -0.2) is 4.79 Å². The minimum absolute atomic E-state index is 0.332. The van der Waals surface area contributed by atoms with Crippen molar-refractivity contribution < 1.29 is 14.3 Å². The van der Waals surface area contributed by atoms with E-state index in [0.717, 1.165) is 25.3 Å². The molecule has 0 saturated carbocycles. The normalized spacial score (nSPS) is 18.9. The molecular weight excluding hydrogens is 242 g/mol. The topological polar surface area (TPSA) is 47.6 Å². The third-order valence-corrected chi connectivity index (χ3v) is 3.45. The van der Waals surface area contributed by atoms with Gasteiger partial charge in [0, 0.05) is 0 Å². The van der Waals surface area contributed by atoms with E-state index in [1.54, 1.807) is 12.1 Å². The van der Waals surface area contributed by atoms with Gasteiger partial charge < -0.3 is 14.8 Å². The Bertz CT molecular complexity index is 414. The maximum Gasteiger partial charge on any atom is 0.337 e. The lowest BCUT2D eigenvalue weighted by Crippen LogP contribution is -2.30. The zero-order chi connectivity index (χ0) is 13.5. The molecule has 0 unspecified atom stereocenters. The molecule has 1 heterocycles. The monoisotopic (exact) mass is 263 g/mol. The summed E-state index contributed by atoms with van der Waals surface area (Å²) in [6.45, 7) is 2.92. The van der Waals surface area contributed by atoms with E-state index in [4.69, 9.17) is 4.74 Å². The molecule has 2 rings (SSSR count). The summed E-state index contributed by atoms with van der Waals surface area (Å²) < 4.78 is 10.4. The highest BCUT2D eigenvalue weighted by atomic mass is 16.5. The van der Waals surface area contributed by atoms with Gasteiger partial charge in [0.2, 0.25) is 0 Å². The Hall–Kier alpha value is -1.55. The molecule has 4 nitrogen and oxygen atoms in total. The number of carbonyl (C=O) groups is 1. The van der Waals surface area contributed by atoms with Crippen molar-refractivity contribution in [1.29, 1.82) is 0 Å². The Labute approximate surface area is 114 Å². The summed E-state index contributed by atoms with van der Waals surface area (Å²) in [5.74, 6) is 1.10. The lowest BCUT2D eigenvalue weighted by molar-refractivity contribution is 0.0600. The highest BCUT2D eigenvalue weighted by Crippen LogP contribution is 2.17. The van der Waals surface area contributed by atoms with Gasteiger partial charge in [-0.3, -0.25) is 0 Å². The number of piperidine rings is 1. The summed E-state index contributed by atoms with van der Waals surface area (Å²) in [6.07, 6.45) is 3.58. The molecule has 104 valence electrons. The molecular formula is C15H21NO3. The standard InChI is InChI=1S/C15H21NO3/c1-18-15(17)13-5-2-6-14(10-13)19-9-7-12-4-3-8-16-11-12/h2,5-6,10,12,16H,3-4,7-9,11H2,1H3/t12-/m0/s1. The summed E-state index contributed by atoms with van der Waals surface area (Å²) in [7, 11) is 1.38. The van der Waals surface area contributed by atoms with Crippen LogP contribution in [0, 0.1) is 5.92 Å². The molecule has 1 aromatic rings. The smallest absolute Gasteiger partial charge is 0.337 e. The van der Waals surface area contributed by atoms with Gasteiger partial charge in [0.15, 0.2) is 0 Å². The van der Waals surface area contributed by atoms with E-state index in [9.17, 15) is 4.79 Å². The first kappa shape index (κ1) is 13.9. The molecule has 1 saturated heterocycles. The van der Waals surface area contributed by atoms with E-state index in [0.29, 0.717) is 18.1 Å². The highest BCUT2D eigenvalue weighted by Gasteiger charge is 2.13. The van der Waals surface area contributed by atoms with Gasteiger partial charge in [-0.2, -0.15) is 0 Å². The zero-order valence-electron chi connectivity index (χ0n) is 11.4. The van der Waals surface area contributed by atoms with Crippen LogP contribution in [0.25, 0.3) is 0 Å². The van der Waals surface area contributed by atoms with E-state index in [1.807, 2.05) is 12.1 Å². The van der Waals surface area contributed by atoms with Gasteiger partial charge in [0.25, 0.3) is 0 Å². The van der Waals surface area contributed by atoms with Gasteiger partial charge in [-0.15, -0.1) is 0 Å². The van der Waals surface area contributed by atoms with Gasteiger partial charge in [0.05, 0.1) is 19.3 Å². The molecule has 0 aromatic heterocycles. The molecule has 0 amide bonds. The summed E-state index contributed by atoms with van der Waals surface area (Å²) in [5.41, 5.74) is 0.527. The van der Waals surface area contributed by atoms with Crippen LogP contribution in [0.1, 0.15) is 29.6 Å². The van der Waals surface area contributed by atoms with Crippen molar-refractivity contribution in [3.63, 3.8) is 0 Å². The van der Waals surface area contributed by atoms with Gasteiger partial charge in [-0.05, 0) is 56.5 Å².